The topological polar surface area (TPSA) is 24.5 Å². The van der Waals surface area contributed by atoms with Crippen LogP contribution in [-0.2, 0) is 11.3 Å². The third kappa shape index (κ3) is 2.08. The van der Waals surface area contributed by atoms with Crippen LogP contribution in [0.5, 0.6) is 0 Å². The van der Waals surface area contributed by atoms with Crippen LogP contribution < -0.4 is 5.32 Å². The fraction of sp³-hybridized carbons (Fsp3) is 0.538. The molecule has 1 saturated heterocycles. The number of hydrogen-bond acceptors (Lipinski definition) is 3. The fourth-order valence-corrected chi connectivity index (χ4v) is 2.76. The molecule has 1 aromatic carbocycles. The first-order chi connectivity index (χ1) is 8.36. The Morgan fingerprint density at radius 2 is 2.12 bits per heavy atom. The van der Waals surface area contributed by atoms with E-state index in [1.54, 1.807) is 12.1 Å². The predicted octanol–water partition coefficient (Wildman–Crippen LogP) is 1.30. The van der Waals surface area contributed by atoms with Gasteiger partial charge in [-0.05, 0) is 11.6 Å². The standard InChI is InChI=1S/C13H17FN2O/c14-11-3-1-2-10-8-15-9-12(13(10)11)16-4-6-17-7-5-16/h1-3,12,15H,4-9H2/t12-/m0/s1. The van der Waals surface area contributed by atoms with Gasteiger partial charge in [0.2, 0.25) is 0 Å². The Morgan fingerprint density at radius 1 is 1.29 bits per heavy atom. The van der Waals surface area contributed by atoms with Crippen LogP contribution in [0.15, 0.2) is 18.2 Å². The molecule has 1 atom stereocenters. The molecule has 0 saturated carbocycles. The molecule has 17 heavy (non-hydrogen) atoms. The molecule has 1 fully saturated rings. The second-order valence-corrected chi connectivity index (χ2v) is 4.61. The second kappa shape index (κ2) is 4.72. The molecule has 0 unspecified atom stereocenters. The van der Waals surface area contributed by atoms with Gasteiger partial charge in [0.15, 0.2) is 0 Å². The highest BCUT2D eigenvalue weighted by Gasteiger charge is 2.29. The van der Waals surface area contributed by atoms with Gasteiger partial charge in [-0.3, -0.25) is 4.90 Å². The first-order valence-electron chi connectivity index (χ1n) is 6.16. The second-order valence-electron chi connectivity index (χ2n) is 4.61. The lowest BCUT2D eigenvalue weighted by atomic mass is 9.94. The summed E-state index contributed by atoms with van der Waals surface area (Å²) >= 11 is 0. The monoisotopic (exact) mass is 236 g/mol. The molecule has 0 amide bonds. The van der Waals surface area contributed by atoms with Crippen LogP contribution in [0.2, 0.25) is 0 Å². The van der Waals surface area contributed by atoms with Crippen molar-refractivity contribution in [3.05, 3.63) is 35.1 Å². The summed E-state index contributed by atoms with van der Waals surface area (Å²) in [4.78, 5) is 2.32. The molecule has 2 aliphatic heterocycles. The first kappa shape index (κ1) is 11.1. The lowest BCUT2D eigenvalue weighted by molar-refractivity contribution is 0.0138. The first-order valence-corrected chi connectivity index (χ1v) is 6.16. The number of morpholine rings is 1. The van der Waals surface area contributed by atoms with Gasteiger partial charge in [-0.2, -0.15) is 0 Å². The quantitative estimate of drug-likeness (QED) is 0.795. The van der Waals surface area contributed by atoms with Crippen LogP contribution >= 0.6 is 0 Å². The largest absolute Gasteiger partial charge is 0.379 e. The van der Waals surface area contributed by atoms with Crippen molar-refractivity contribution in [3.63, 3.8) is 0 Å². The molecule has 3 rings (SSSR count). The Hall–Kier alpha value is -0.970. The van der Waals surface area contributed by atoms with Gasteiger partial charge < -0.3 is 10.1 Å². The van der Waals surface area contributed by atoms with E-state index in [0.29, 0.717) is 0 Å². The van der Waals surface area contributed by atoms with Crippen molar-refractivity contribution in [2.24, 2.45) is 0 Å². The van der Waals surface area contributed by atoms with Gasteiger partial charge in [0.05, 0.1) is 19.3 Å². The van der Waals surface area contributed by atoms with Gasteiger partial charge >= 0.3 is 0 Å². The highest BCUT2D eigenvalue weighted by molar-refractivity contribution is 5.33. The van der Waals surface area contributed by atoms with E-state index in [9.17, 15) is 4.39 Å². The molecular formula is C13H17FN2O. The summed E-state index contributed by atoms with van der Waals surface area (Å²) in [6.45, 7) is 4.88. The summed E-state index contributed by atoms with van der Waals surface area (Å²) in [5.74, 6) is -0.0690. The van der Waals surface area contributed by atoms with E-state index in [4.69, 9.17) is 4.74 Å². The Bertz CT molecular complexity index is 404. The molecule has 4 heteroatoms. The highest BCUT2D eigenvalue weighted by atomic mass is 19.1. The number of ether oxygens (including phenoxy) is 1. The van der Waals surface area contributed by atoms with E-state index in [-0.39, 0.29) is 11.9 Å². The van der Waals surface area contributed by atoms with E-state index >= 15 is 0 Å². The average Bonchev–Trinajstić information content (AvgIpc) is 2.39. The number of nitrogens with zero attached hydrogens (tertiary/aromatic N) is 1. The van der Waals surface area contributed by atoms with Crippen molar-refractivity contribution in [1.29, 1.82) is 0 Å². The van der Waals surface area contributed by atoms with Crippen molar-refractivity contribution in [3.8, 4) is 0 Å². The number of benzene rings is 1. The van der Waals surface area contributed by atoms with E-state index < -0.39 is 0 Å². The lowest BCUT2D eigenvalue weighted by Gasteiger charge is -2.38. The molecule has 2 aliphatic rings. The van der Waals surface area contributed by atoms with Crippen molar-refractivity contribution >= 4 is 0 Å². The van der Waals surface area contributed by atoms with Crippen LogP contribution in [0, 0.1) is 5.82 Å². The minimum absolute atomic E-state index is 0.0690. The zero-order chi connectivity index (χ0) is 11.7. The molecule has 1 aromatic rings. The van der Waals surface area contributed by atoms with E-state index in [2.05, 4.69) is 10.2 Å². The molecule has 0 bridgehead atoms. The van der Waals surface area contributed by atoms with Gasteiger partial charge in [-0.1, -0.05) is 12.1 Å². The maximum atomic E-state index is 14.0. The Kier molecular flexibility index (Phi) is 3.09. The van der Waals surface area contributed by atoms with Gasteiger partial charge in [-0.25, -0.2) is 4.39 Å². The summed E-state index contributed by atoms with van der Waals surface area (Å²) in [5, 5.41) is 3.37. The molecule has 3 nitrogen and oxygen atoms in total. The van der Waals surface area contributed by atoms with Crippen LogP contribution in [0.25, 0.3) is 0 Å². The maximum absolute atomic E-state index is 14.0. The predicted molar refractivity (Wildman–Crippen MR) is 63.2 cm³/mol. The maximum Gasteiger partial charge on any atom is 0.128 e. The van der Waals surface area contributed by atoms with Gasteiger partial charge in [0, 0.05) is 31.7 Å². The number of halogens is 1. The summed E-state index contributed by atoms with van der Waals surface area (Å²) < 4.78 is 19.3. The molecular weight excluding hydrogens is 219 g/mol. The van der Waals surface area contributed by atoms with Crippen LogP contribution in [0.1, 0.15) is 17.2 Å². The minimum atomic E-state index is -0.0690. The summed E-state index contributed by atoms with van der Waals surface area (Å²) in [7, 11) is 0. The Labute approximate surface area is 101 Å². The van der Waals surface area contributed by atoms with Crippen molar-refractivity contribution < 1.29 is 9.13 Å². The van der Waals surface area contributed by atoms with Gasteiger partial charge in [0.1, 0.15) is 5.82 Å². The smallest absolute Gasteiger partial charge is 0.128 e. The molecule has 0 aromatic heterocycles. The summed E-state index contributed by atoms with van der Waals surface area (Å²) in [6.07, 6.45) is 0. The van der Waals surface area contributed by atoms with Crippen molar-refractivity contribution in [2.75, 3.05) is 32.8 Å². The number of fused-ring (bicyclic) bond motifs is 1. The Balaban J connectivity index is 1.92. The van der Waals surface area contributed by atoms with Gasteiger partial charge in [-0.15, -0.1) is 0 Å². The van der Waals surface area contributed by atoms with E-state index in [1.165, 1.54) is 0 Å². The number of nitrogens with one attached hydrogen (secondary N) is 1. The SMILES string of the molecule is Fc1cccc2c1[C@@H](N1CCOCC1)CNC2. The molecule has 1 N–H and O–H groups in total. The number of hydrogen-bond donors (Lipinski definition) is 1. The van der Waals surface area contributed by atoms with E-state index in [1.807, 2.05) is 6.07 Å². The summed E-state index contributed by atoms with van der Waals surface area (Å²) in [6, 6.07) is 5.52. The van der Waals surface area contributed by atoms with Crippen molar-refractivity contribution in [2.45, 2.75) is 12.6 Å². The van der Waals surface area contributed by atoms with Crippen LogP contribution in [0.4, 0.5) is 4.39 Å². The zero-order valence-electron chi connectivity index (χ0n) is 9.79. The fourth-order valence-electron chi connectivity index (χ4n) is 2.76. The third-order valence-corrected chi connectivity index (χ3v) is 3.62. The average molecular weight is 236 g/mol. The molecule has 0 aliphatic carbocycles. The van der Waals surface area contributed by atoms with Crippen LogP contribution in [-0.4, -0.2) is 37.7 Å². The lowest BCUT2D eigenvalue weighted by Crippen LogP contribution is -2.45. The minimum Gasteiger partial charge on any atom is -0.379 e. The molecule has 2 heterocycles. The highest BCUT2D eigenvalue weighted by Crippen LogP contribution is 2.29. The van der Waals surface area contributed by atoms with Crippen molar-refractivity contribution in [1.82, 2.24) is 10.2 Å². The Morgan fingerprint density at radius 3 is 2.94 bits per heavy atom. The normalized spacial score (nSPS) is 25.6. The third-order valence-electron chi connectivity index (χ3n) is 3.62. The van der Waals surface area contributed by atoms with E-state index in [0.717, 1.165) is 50.5 Å². The zero-order valence-corrected chi connectivity index (χ0v) is 9.79. The number of rotatable bonds is 1. The van der Waals surface area contributed by atoms with Crippen LogP contribution in [0.3, 0.4) is 0 Å². The molecule has 0 radical (unpaired) electrons. The molecule has 92 valence electrons. The summed E-state index contributed by atoms with van der Waals surface area (Å²) in [5.41, 5.74) is 1.97. The van der Waals surface area contributed by atoms with Gasteiger partial charge in [0.25, 0.3) is 0 Å². The molecule has 0 spiro atoms.